The Morgan fingerprint density at radius 2 is 2.42 bits per heavy atom. The number of thioether (sulfide) groups is 1. The highest BCUT2D eigenvalue weighted by Gasteiger charge is 2.13. The zero-order valence-corrected chi connectivity index (χ0v) is 8.40. The lowest BCUT2D eigenvalue weighted by molar-refractivity contribution is 0.665. The van der Waals surface area contributed by atoms with Crippen molar-refractivity contribution in [2.24, 2.45) is 0 Å². The lowest BCUT2D eigenvalue weighted by Crippen LogP contribution is -2.09. The number of nitrogens with zero attached hydrogens (tertiary/aromatic N) is 2. The van der Waals surface area contributed by atoms with Crippen molar-refractivity contribution in [3.63, 3.8) is 0 Å². The largest absolute Gasteiger partial charge is 0.259 e. The molecule has 12 heavy (non-hydrogen) atoms. The van der Waals surface area contributed by atoms with E-state index in [0.717, 1.165) is 5.88 Å². The monoisotopic (exact) mass is 182 g/mol. The fourth-order valence-corrected chi connectivity index (χ4v) is 2.28. The van der Waals surface area contributed by atoms with Crippen LogP contribution in [0.4, 0.5) is 0 Å². The topological polar surface area (TPSA) is 17.8 Å². The number of aromatic nitrogens is 2. The van der Waals surface area contributed by atoms with Crippen molar-refractivity contribution in [2.75, 3.05) is 5.75 Å². The van der Waals surface area contributed by atoms with Crippen LogP contribution in [-0.4, -0.2) is 15.5 Å². The van der Waals surface area contributed by atoms with E-state index in [0.29, 0.717) is 5.92 Å². The van der Waals surface area contributed by atoms with Crippen LogP contribution in [0.1, 0.15) is 31.2 Å². The first-order valence-electron chi connectivity index (χ1n) is 4.42. The van der Waals surface area contributed by atoms with E-state index in [-0.39, 0.29) is 0 Å². The van der Waals surface area contributed by atoms with Gasteiger partial charge < -0.3 is 0 Å². The highest BCUT2D eigenvalue weighted by Crippen LogP contribution is 2.21. The Morgan fingerprint density at radius 3 is 3.08 bits per heavy atom. The zero-order valence-electron chi connectivity index (χ0n) is 7.58. The summed E-state index contributed by atoms with van der Waals surface area (Å²) in [5, 5.41) is 4.55. The molecule has 0 N–H and O–H groups in total. The summed E-state index contributed by atoms with van der Waals surface area (Å²) in [6.45, 7) is 4.39. The van der Waals surface area contributed by atoms with E-state index >= 15 is 0 Å². The van der Waals surface area contributed by atoms with E-state index in [4.69, 9.17) is 0 Å². The number of aryl methyl sites for hydroxylation is 1. The Bertz CT molecular complexity index is 255. The standard InChI is InChI=1S/C9H14N2S/c1-7(2)9-5-8-3-4-12-6-11(8)10-9/h5,7H,3-4,6H2,1-2H3. The molecule has 1 aliphatic rings. The quantitative estimate of drug-likeness (QED) is 0.663. The molecule has 0 bridgehead atoms. The van der Waals surface area contributed by atoms with Gasteiger partial charge in [-0.3, -0.25) is 4.68 Å². The minimum Gasteiger partial charge on any atom is -0.259 e. The molecule has 0 saturated carbocycles. The molecule has 2 heterocycles. The molecule has 2 nitrogen and oxygen atoms in total. The number of hydrogen-bond donors (Lipinski definition) is 0. The lowest BCUT2D eigenvalue weighted by Gasteiger charge is -2.11. The Hall–Kier alpha value is -0.440. The smallest absolute Gasteiger partial charge is 0.0866 e. The third-order valence-corrected chi connectivity index (χ3v) is 3.11. The SMILES string of the molecule is CC(C)c1cc2n(n1)CSCC2. The van der Waals surface area contributed by atoms with Gasteiger partial charge in [0.1, 0.15) is 0 Å². The van der Waals surface area contributed by atoms with Gasteiger partial charge in [-0.05, 0) is 18.4 Å². The van der Waals surface area contributed by atoms with Gasteiger partial charge in [0.2, 0.25) is 0 Å². The molecule has 1 aromatic rings. The number of hydrogen-bond acceptors (Lipinski definition) is 2. The second-order valence-electron chi connectivity index (χ2n) is 3.50. The van der Waals surface area contributed by atoms with Gasteiger partial charge in [0.05, 0.1) is 11.6 Å². The highest BCUT2D eigenvalue weighted by molar-refractivity contribution is 7.98. The molecule has 2 rings (SSSR count). The molecule has 0 aliphatic carbocycles. The predicted octanol–water partition coefficient (Wildman–Crippen LogP) is 2.25. The maximum Gasteiger partial charge on any atom is 0.0866 e. The molecule has 1 aliphatic heterocycles. The first-order chi connectivity index (χ1) is 5.77. The fourth-order valence-electron chi connectivity index (χ4n) is 1.40. The number of fused-ring (bicyclic) bond motifs is 1. The van der Waals surface area contributed by atoms with Crippen LogP contribution in [0.25, 0.3) is 0 Å². The third kappa shape index (κ3) is 1.38. The zero-order chi connectivity index (χ0) is 8.55. The van der Waals surface area contributed by atoms with Gasteiger partial charge in [0.15, 0.2) is 0 Å². The van der Waals surface area contributed by atoms with Crippen LogP contribution in [0.15, 0.2) is 6.07 Å². The van der Waals surface area contributed by atoms with Crippen molar-refractivity contribution in [3.05, 3.63) is 17.5 Å². The summed E-state index contributed by atoms with van der Waals surface area (Å²) >= 11 is 1.96. The van der Waals surface area contributed by atoms with E-state index in [2.05, 4.69) is 29.7 Å². The molecule has 3 heteroatoms. The molecule has 0 fully saturated rings. The summed E-state index contributed by atoms with van der Waals surface area (Å²) in [5.41, 5.74) is 2.66. The van der Waals surface area contributed by atoms with Crippen LogP contribution in [0.3, 0.4) is 0 Å². The van der Waals surface area contributed by atoms with Crippen LogP contribution in [0.5, 0.6) is 0 Å². The van der Waals surface area contributed by atoms with E-state index in [1.54, 1.807) is 0 Å². The summed E-state index contributed by atoms with van der Waals surface area (Å²) in [5.74, 6) is 2.86. The highest BCUT2D eigenvalue weighted by atomic mass is 32.2. The molecular formula is C9H14N2S. The van der Waals surface area contributed by atoms with E-state index in [1.807, 2.05) is 11.8 Å². The summed E-state index contributed by atoms with van der Waals surface area (Å²) in [6, 6.07) is 2.25. The van der Waals surface area contributed by atoms with E-state index in [9.17, 15) is 0 Å². The molecule has 1 aromatic heterocycles. The Balaban J connectivity index is 2.32. The van der Waals surface area contributed by atoms with Crippen LogP contribution in [0.2, 0.25) is 0 Å². The normalized spacial score (nSPS) is 16.6. The fraction of sp³-hybridized carbons (Fsp3) is 0.667. The van der Waals surface area contributed by atoms with Crippen LogP contribution in [-0.2, 0) is 12.3 Å². The Kier molecular flexibility index (Phi) is 2.13. The molecule has 0 radical (unpaired) electrons. The van der Waals surface area contributed by atoms with Crippen molar-refractivity contribution in [2.45, 2.75) is 32.1 Å². The maximum absolute atomic E-state index is 4.55. The average Bonchev–Trinajstić information content (AvgIpc) is 2.46. The van der Waals surface area contributed by atoms with Gasteiger partial charge in [-0.2, -0.15) is 5.10 Å². The summed E-state index contributed by atoms with van der Waals surface area (Å²) < 4.78 is 2.14. The molecule has 0 atom stereocenters. The molecule has 0 unspecified atom stereocenters. The van der Waals surface area contributed by atoms with Crippen LogP contribution < -0.4 is 0 Å². The third-order valence-electron chi connectivity index (χ3n) is 2.19. The molecule has 0 spiro atoms. The summed E-state index contributed by atoms with van der Waals surface area (Å²) in [7, 11) is 0. The first kappa shape index (κ1) is 8.17. The minimum atomic E-state index is 0.563. The predicted molar refractivity (Wildman–Crippen MR) is 52.5 cm³/mol. The van der Waals surface area contributed by atoms with Gasteiger partial charge in [0, 0.05) is 11.4 Å². The van der Waals surface area contributed by atoms with Gasteiger partial charge in [-0.1, -0.05) is 13.8 Å². The van der Waals surface area contributed by atoms with Gasteiger partial charge >= 0.3 is 0 Å². The van der Waals surface area contributed by atoms with Crippen molar-refractivity contribution < 1.29 is 0 Å². The van der Waals surface area contributed by atoms with Gasteiger partial charge in [-0.25, -0.2) is 0 Å². The van der Waals surface area contributed by atoms with Gasteiger partial charge in [-0.15, -0.1) is 11.8 Å². The van der Waals surface area contributed by atoms with Crippen molar-refractivity contribution in [1.29, 1.82) is 0 Å². The molecule has 66 valence electrons. The molecular weight excluding hydrogens is 168 g/mol. The van der Waals surface area contributed by atoms with Crippen molar-refractivity contribution in [3.8, 4) is 0 Å². The second kappa shape index (κ2) is 3.13. The molecule has 0 saturated heterocycles. The van der Waals surface area contributed by atoms with Gasteiger partial charge in [0.25, 0.3) is 0 Å². The average molecular weight is 182 g/mol. The first-order valence-corrected chi connectivity index (χ1v) is 5.57. The second-order valence-corrected chi connectivity index (χ2v) is 4.58. The number of rotatable bonds is 1. The van der Waals surface area contributed by atoms with Crippen LogP contribution in [0, 0.1) is 0 Å². The molecule has 0 aromatic carbocycles. The maximum atomic E-state index is 4.55. The van der Waals surface area contributed by atoms with E-state index in [1.165, 1.54) is 23.6 Å². The van der Waals surface area contributed by atoms with Crippen molar-refractivity contribution in [1.82, 2.24) is 9.78 Å². The van der Waals surface area contributed by atoms with Crippen LogP contribution >= 0.6 is 11.8 Å². The minimum absolute atomic E-state index is 0.563. The summed E-state index contributed by atoms with van der Waals surface area (Å²) in [4.78, 5) is 0. The lowest BCUT2D eigenvalue weighted by atomic mass is 10.1. The Labute approximate surface area is 77.3 Å². The Morgan fingerprint density at radius 1 is 1.58 bits per heavy atom. The molecule has 0 amide bonds. The van der Waals surface area contributed by atoms with E-state index < -0.39 is 0 Å². The summed E-state index contributed by atoms with van der Waals surface area (Å²) in [6.07, 6.45) is 1.18. The van der Waals surface area contributed by atoms with Crippen molar-refractivity contribution >= 4 is 11.8 Å².